The molecule has 128 valence electrons. The molecule has 0 N–H and O–H groups in total. The van der Waals surface area contributed by atoms with E-state index in [9.17, 15) is 0 Å². The summed E-state index contributed by atoms with van der Waals surface area (Å²) in [5.41, 5.74) is 2.06. The molecular formula is C19H19ClN4O. The van der Waals surface area contributed by atoms with Gasteiger partial charge in [0.05, 0.1) is 0 Å². The molecule has 4 rings (SSSR count). The Morgan fingerprint density at radius 1 is 1.12 bits per heavy atom. The molecule has 25 heavy (non-hydrogen) atoms. The third kappa shape index (κ3) is 3.72. The molecule has 1 fully saturated rings. The Balaban J connectivity index is 1.38. The second kappa shape index (κ2) is 7.33. The Bertz CT molecular complexity index is 828. The Labute approximate surface area is 151 Å². The molecule has 0 atom stereocenters. The van der Waals surface area contributed by atoms with E-state index >= 15 is 0 Å². The van der Waals surface area contributed by atoms with Gasteiger partial charge in [-0.15, -0.1) is 0 Å². The molecular weight excluding hydrogens is 336 g/mol. The van der Waals surface area contributed by atoms with Gasteiger partial charge in [0, 0.05) is 35.4 Å². The maximum Gasteiger partial charge on any atom is 0.230 e. The fraction of sp³-hybridized carbons (Fsp3) is 0.316. The minimum atomic E-state index is 0.320. The molecule has 0 radical (unpaired) electrons. The molecule has 3 heterocycles. The van der Waals surface area contributed by atoms with Crippen molar-refractivity contribution in [3.8, 4) is 11.4 Å². The van der Waals surface area contributed by atoms with Crippen LogP contribution in [0.15, 0.2) is 53.3 Å². The number of benzene rings is 1. The molecule has 5 nitrogen and oxygen atoms in total. The normalized spacial score (nSPS) is 16.2. The molecule has 2 aromatic heterocycles. The lowest BCUT2D eigenvalue weighted by molar-refractivity contribution is 0.187. The zero-order valence-electron chi connectivity index (χ0n) is 13.8. The minimum Gasteiger partial charge on any atom is -0.339 e. The average Bonchev–Trinajstić information content (AvgIpc) is 3.15. The van der Waals surface area contributed by atoms with Crippen molar-refractivity contribution in [3.63, 3.8) is 0 Å². The monoisotopic (exact) mass is 354 g/mol. The van der Waals surface area contributed by atoms with Gasteiger partial charge in [0.2, 0.25) is 11.7 Å². The second-order valence-corrected chi connectivity index (χ2v) is 6.75. The van der Waals surface area contributed by atoms with Crippen LogP contribution in [0, 0.1) is 0 Å². The van der Waals surface area contributed by atoms with Gasteiger partial charge in [0.1, 0.15) is 0 Å². The summed E-state index contributed by atoms with van der Waals surface area (Å²) in [4.78, 5) is 11.1. The molecule has 0 saturated carbocycles. The zero-order chi connectivity index (χ0) is 17.1. The molecule has 6 heteroatoms. The standard InChI is InChI=1S/C19H19ClN4O/c20-17-6-2-1-4-16(17)13-24-10-7-14(8-11-24)19-22-18(23-25-19)15-5-3-9-21-12-15/h1-6,9,12,14H,7-8,10-11,13H2. The smallest absolute Gasteiger partial charge is 0.230 e. The molecule has 3 aromatic rings. The summed E-state index contributed by atoms with van der Waals surface area (Å²) >= 11 is 6.26. The van der Waals surface area contributed by atoms with Crippen molar-refractivity contribution in [2.24, 2.45) is 0 Å². The minimum absolute atomic E-state index is 0.320. The number of rotatable bonds is 4. The third-order valence-corrected chi connectivity index (χ3v) is 5.02. The van der Waals surface area contributed by atoms with E-state index in [0.717, 1.165) is 49.0 Å². The lowest BCUT2D eigenvalue weighted by Crippen LogP contribution is -2.32. The number of hydrogen-bond acceptors (Lipinski definition) is 5. The lowest BCUT2D eigenvalue weighted by atomic mass is 9.96. The number of hydrogen-bond donors (Lipinski definition) is 0. The SMILES string of the molecule is Clc1ccccc1CN1CCC(c2nc(-c3cccnc3)no2)CC1. The van der Waals surface area contributed by atoms with Crippen LogP contribution in [-0.4, -0.2) is 33.1 Å². The Hall–Kier alpha value is -2.24. The van der Waals surface area contributed by atoms with Gasteiger partial charge in [0.25, 0.3) is 0 Å². The van der Waals surface area contributed by atoms with Gasteiger partial charge in [-0.2, -0.15) is 4.98 Å². The van der Waals surface area contributed by atoms with Crippen LogP contribution in [0.1, 0.15) is 30.2 Å². The molecule has 0 aliphatic carbocycles. The summed E-state index contributed by atoms with van der Waals surface area (Å²) in [6, 6.07) is 11.8. The van der Waals surface area contributed by atoms with E-state index in [1.165, 1.54) is 5.56 Å². The number of pyridine rings is 1. The summed E-state index contributed by atoms with van der Waals surface area (Å²) in [5, 5.41) is 4.94. The number of piperidine rings is 1. The van der Waals surface area contributed by atoms with Gasteiger partial charge in [-0.3, -0.25) is 9.88 Å². The summed E-state index contributed by atoms with van der Waals surface area (Å²) in [6.07, 6.45) is 5.51. The van der Waals surface area contributed by atoms with E-state index in [0.29, 0.717) is 11.7 Å². The Kier molecular flexibility index (Phi) is 4.76. The highest BCUT2D eigenvalue weighted by Crippen LogP contribution is 2.29. The first-order valence-electron chi connectivity index (χ1n) is 8.49. The second-order valence-electron chi connectivity index (χ2n) is 6.34. The molecule has 0 amide bonds. The van der Waals surface area contributed by atoms with Crippen molar-refractivity contribution < 1.29 is 4.52 Å². The highest BCUT2D eigenvalue weighted by atomic mass is 35.5. The topological polar surface area (TPSA) is 55.1 Å². The number of halogens is 1. The van der Waals surface area contributed by atoms with Gasteiger partial charge >= 0.3 is 0 Å². The van der Waals surface area contributed by atoms with Crippen molar-refractivity contribution >= 4 is 11.6 Å². The van der Waals surface area contributed by atoms with Crippen LogP contribution in [0.25, 0.3) is 11.4 Å². The quantitative estimate of drug-likeness (QED) is 0.704. The van der Waals surface area contributed by atoms with E-state index in [1.54, 1.807) is 12.4 Å². The van der Waals surface area contributed by atoms with Gasteiger partial charge in [-0.1, -0.05) is 35.0 Å². The molecule has 1 aromatic carbocycles. The zero-order valence-corrected chi connectivity index (χ0v) is 14.6. The highest BCUT2D eigenvalue weighted by Gasteiger charge is 2.25. The molecule has 1 aliphatic heterocycles. The predicted molar refractivity (Wildman–Crippen MR) is 96.2 cm³/mol. The van der Waals surface area contributed by atoms with Crippen LogP contribution < -0.4 is 0 Å². The molecule has 0 spiro atoms. The largest absolute Gasteiger partial charge is 0.339 e. The third-order valence-electron chi connectivity index (χ3n) is 4.65. The van der Waals surface area contributed by atoms with Crippen molar-refractivity contribution in [2.75, 3.05) is 13.1 Å². The van der Waals surface area contributed by atoms with E-state index in [1.807, 2.05) is 30.3 Å². The maximum absolute atomic E-state index is 6.26. The lowest BCUT2D eigenvalue weighted by Gasteiger charge is -2.30. The molecule has 0 bridgehead atoms. The first-order chi connectivity index (χ1) is 12.3. The fourth-order valence-corrected chi connectivity index (χ4v) is 3.41. The van der Waals surface area contributed by atoms with Gasteiger partial charge in [0.15, 0.2) is 0 Å². The highest BCUT2D eigenvalue weighted by molar-refractivity contribution is 6.31. The molecule has 1 aliphatic rings. The van der Waals surface area contributed by atoms with Crippen LogP contribution in [-0.2, 0) is 6.54 Å². The van der Waals surface area contributed by atoms with Crippen LogP contribution in [0.4, 0.5) is 0 Å². The maximum atomic E-state index is 6.26. The van der Waals surface area contributed by atoms with E-state index in [4.69, 9.17) is 16.1 Å². The van der Waals surface area contributed by atoms with Crippen LogP contribution in [0.5, 0.6) is 0 Å². The fourth-order valence-electron chi connectivity index (χ4n) is 3.22. The first kappa shape index (κ1) is 16.2. The van der Waals surface area contributed by atoms with E-state index in [-0.39, 0.29) is 0 Å². The van der Waals surface area contributed by atoms with Crippen molar-refractivity contribution in [3.05, 3.63) is 65.3 Å². The summed E-state index contributed by atoms with van der Waals surface area (Å²) in [7, 11) is 0. The number of aromatic nitrogens is 3. The molecule has 0 unspecified atom stereocenters. The summed E-state index contributed by atoms with van der Waals surface area (Å²) < 4.78 is 5.50. The van der Waals surface area contributed by atoms with Crippen molar-refractivity contribution in [1.82, 2.24) is 20.0 Å². The Morgan fingerprint density at radius 2 is 1.96 bits per heavy atom. The number of likely N-dealkylation sites (tertiary alicyclic amines) is 1. The van der Waals surface area contributed by atoms with Crippen LogP contribution >= 0.6 is 11.6 Å². The van der Waals surface area contributed by atoms with Gasteiger partial charge in [-0.05, 0) is 49.7 Å². The molecule has 1 saturated heterocycles. The number of nitrogens with zero attached hydrogens (tertiary/aromatic N) is 4. The van der Waals surface area contributed by atoms with Crippen molar-refractivity contribution in [1.29, 1.82) is 0 Å². The summed E-state index contributed by atoms with van der Waals surface area (Å²) in [6.45, 7) is 2.89. The van der Waals surface area contributed by atoms with Gasteiger partial charge < -0.3 is 4.52 Å². The van der Waals surface area contributed by atoms with Gasteiger partial charge in [-0.25, -0.2) is 0 Å². The Morgan fingerprint density at radius 3 is 2.72 bits per heavy atom. The predicted octanol–water partition coefficient (Wildman–Crippen LogP) is 4.16. The summed E-state index contributed by atoms with van der Waals surface area (Å²) in [5.74, 6) is 1.67. The average molecular weight is 355 g/mol. The van der Waals surface area contributed by atoms with Crippen LogP contribution in [0.2, 0.25) is 5.02 Å². The van der Waals surface area contributed by atoms with Crippen LogP contribution in [0.3, 0.4) is 0 Å². The van der Waals surface area contributed by atoms with E-state index < -0.39 is 0 Å². The van der Waals surface area contributed by atoms with E-state index in [2.05, 4.69) is 26.1 Å². The van der Waals surface area contributed by atoms with Crippen molar-refractivity contribution in [2.45, 2.75) is 25.3 Å². The first-order valence-corrected chi connectivity index (χ1v) is 8.87.